The highest BCUT2D eigenvalue weighted by atomic mass is 79.9. The average molecular weight is 397 g/mol. The summed E-state index contributed by atoms with van der Waals surface area (Å²) < 4.78 is 19.1. The van der Waals surface area contributed by atoms with Gasteiger partial charge in [-0.05, 0) is 57.3 Å². The molecule has 0 saturated carbocycles. The van der Waals surface area contributed by atoms with Crippen LogP contribution in [0, 0.1) is 0 Å². The summed E-state index contributed by atoms with van der Waals surface area (Å²) in [6.07, 6.45) is 4.91. The Hall–Kier alpha value is -0.355. The number of halogens is 1. The van der Waals surface area contributed by atoms with E-state index in [4.69, 9.17) is 14.0 Å². The van der Waals surface area contributed by atoms with Crippen LogP contribution in [0.1, 0.15) is 65.9 Å². The third-order valence-corrected chi connectivity index (χ3v) is 5.37. The van der Waals surface area contributed by atoms with Crippen molar-refractivity contribution in [3.63, 3.8) is 0 Å². The number of rotatable bonds is 8. The molecule has 0 unspecified atom stereocenters. The fourth-order valence-corrected chi connectivity index (χ4v) is 3.25. The van der Waals surface area contributed by atoms with Crippen molar-refractivity contribution in [3.8, 4) is 0 Å². The minimum Gasteiger partial charge on any atom is -0.399 e. The van der Waals surface area contributed by atoms with Crippen molar-refractivity contribution in [2.75, 3.05) is 6.61 Å². The molecular formula is C19H30BBrO3. The highest BCUT2D eigenvalue weighted by Crippen LogP contribution is 2.36. The van der Waals surface area contributed by atoms with Crippen molar-refractivity contribution in [2.45, 2.75) is 78.1 Å². The van der Waals surface area contributed by atoms with E-state index >= 15 is 0 Å². The Bertz CT molecular complexity index is 529. The lowest BCUT2D eigenvalue weighted by Crippen LogP contribution is -2.41. The highest BCUT2D eigenvalue weighted by Gasteiger charge is 2.51. The topological polar surface area (TPSA) is 27.7 Å². The lowest BCUT2D eigenvalue weighted by molar-refractivity contribution is 0.00578. The Balaban J connectivity index is 1.97. The van der Waals surface area contributed by atoms with Crippen LogP contribution in [-0.4, -0.2) is 24.9 Å². The quantitative estimate of drug-likeness (QED) is 0.464. The molecule has 0 radical (unpaired) electrons. The second-order valence-corrected chi connectivity index (χ2v) is 8.51. The molecule has 0 bridgehead atoms. The molecule has 0 aliphatic carbocycles. The van der Waals surface area contributed by atoms with Gasteiger partial charge in [-0.2, -0.15) is 0 Å². The largest absolute Gasteiger partial charge is 0.494 e. The Kier molecular flexibility index (Phi) is 6.95. The molecule has 1 aromatic carbocycles. The van der Waals surface area contributed by atoms with Crippen LogP contribution < -0.4 is 5.46 Å². The minimum atomic E-state index is -0.337. The van der Waals surface area contributed by atoms with Crippen LogP contribution in [0.15, 0.2) is 22.7 Å². The first kappa shape index (κ1) is 20.0. The number of hydrogen-bond donors (Lipinski definition) is 0. The van der Waals surface area contributed by atoms with Crippen molar-refractivity contribution in [3.05, 3.63) is 28.2 Å². The summed E-state index contributed by atoms with van der Waals surface area (Å²) in [6.45, 7) is 12.0. The van der Waals surface area contributed by atoms with Gasteiger partial charge >= 0.3 is 7.12 Å². The van der Waals surface area contributed by atoms with Crippen LogP contribution in [0.5, 0.6) is 0 Å². The molecule has 3 nitrogen and oxygen atoms in total. The number of benzene rings is 1. The van der Waals surface area contributed by atoms with Gasteiger partial charge in [-0.3, -0.25) is 0 Å². The Morgan fingerprint density at radius 1 is 1.00 bits per heavy atom. The second kappa shape index (κ2) is 8.35. The molecule has 0 spiro atoms. The maximum absolute atomic E-state index is 6.15. The van der Waals surface area contributed by atoms with Gasteiger partial charge in [-0.15, -0.1) is 0 Å². The molecule has 1 aliphatic rings. The van der Waals surface area contributed by atoms with Gasteiger partial charge in [0, 0.05) is 11.1 Å². The van der Waals surface area contributed by atoms with Crippen LogP contribution in [0.2, 0.25) is 0 Å². The first-order valence-electron chi connectivity index (χ1n) is 8.98. The molecule has 0 amide bonds. The lowest BCUT2D eigenvalue weighted by Gasteiger charge is -2.32. The van der Waals surface area contributed by atoms with E-state index < -0.39 is 0 Å². The van der Waals surface area contributed by atoms with Crippen molar-refractivity contribution in [1.29, 1.82) is 0 Å². The smallest absolute Gasteiger partial charge is 0.399 e. The number of hydrogen-bond acceptors (Lipinski definition) is 3. The monoisotopic (exact) mass is 396 g/mol. The van der Waals surface area contributed by atoms with E-state index in [0.29, 0.717) is 6.61 Å². The molecule has 1 aromatic rings. The summed E-state index contributed by atoms with van der Waals surface area (Å²) >= 11 is 3.59. The van der Waals surface area contributed by atoms with E-state index in [1.165, 1.54) is 19.3 Å². The van der Waals surface area contributed by atoms with Crippen molar-refractivity contribution in [2.24, 2.45) is 0 Å². The standard InChI is InChI=1S/C19H30BBrO3/c1-6-7-8-9-10-22-14-15-11-16(13-17(21)12-15)20-23-18(2,3)19(4,5)24-20/h11-13H,6-10,14H2,1-5H3. The molecule has 1 fully saturated rings. The zero-order valence-electron chi connectivity index (χ0n) is 15.7. The van der Waals surface area contributed by atoms with E-state index in [2.05, 4.69) is 68.7 Å². The molecule has 134 valence electrons. The van der Waals surface area contributed by atoms with Crippen LogP contribution >= 0.6 is 15.9 Å². The molecule has 0 atom stereocenters. The zero-order valence-corrected chi connectivity index (χ0v) is 17.2. The summed E-state index contributed by atoms with van der Waals surface area (Å²) in [4.78, 5) is 0. The van der Waals surface area contributed by atoms with Gasteiger partial charge in [-0.25, -0.2) is 0 Å². The van der Waals surface area contributed by atoms with Gasteiger partial charge in [0.1, 0.15) is 0 Å². The van der Waals surface area contributed by atoms with E-state index in [0.717, 1.165) is 28.5 Å². The second-order valence-electron chi connectivity index (χ2n) is 7.59. The zero-order chi connectivity index (χ0) is 17.8. The van der Waals surface area contributed by atoms with E-state index in [9.17, 15) is 0 Å². The highest BCUT2D eigenvalue weighted by molar-refractivity contribution is 9.10. The van der Waals surface area contributed by atoms with Crippen LogP contribution in [0.25, 0.3) is 0 Å². The molecule has 0 aromatic heterocycles. The Labute approximate surface area is 155 Å². The molecule has 5 heteroatoms. The van der Waals surface area contributed by atoms with E-state index in [1.54, 1.807) is 0 Å². The predicted octanol–water partition coefficient (Wildman–Crippen LogP) is 4.85. The van der Waals surface area contributed by atoms with Gasteiger partial charge in [0.05, 0.1) is 17.8 Å². The van der Waals surface area contributed by atoms with Gasteiger partial charge in [0.2, 0.25) is 0 Å². The van der Waals surface area contributed by atoms with Crippen LogP contribution in [-0.2, 0) is 20.7 Å². The van der Waals surface area contributed by atoms with Gasteiger partial charge in [0.15, 0.2) is 0 Å². The van der Waals surface area contributed by atoms with Gasteiger partial charge in [-0.1, -0.05) is 48.2 Å². The van der Waals surface area contributed by atoms with Gasteiger partial charge < -0.3 is 14.0 Å². The van der Waals surface area contributed by atoms with Crippen LogP contribution in [0.4, 0.5) is 0 Å². The summed E-state index contributed by atoms with van der Waals surface area (Å²) in [5, 5.41) is 0. The molecule has 2 rings (SSSR count). The van der Waals surface area contributed by atoms with E-state index in [-0.39, 0.29) is 18.3 Å². The summed E-state index contributed by atoms with van der Waals surface area (Å²) in [7, 11) is -0.337. The molecule has 1 heterocycles. The van der Waals surface area contributed by atoms with E-state index in [1.807, 2.05) is 0 Å². The fourth-order valence-electron chi connectivity index (χ4n) is 2.69. The predicted molar refractivity (Wildman–Crippen MR) is 104 cm³/mol. The Morgan fingerprint density at radius 3 is 2.29 bits per heavy atom. The molecule has 1 aliphatic heterocycles. The fraction of sp³-hybridized carbons (Fsp3) is 0.684. The minimum absolute atomic E-state index is 0.323. The third kappa shape index (κ3) is 5.07. The van der Waals surface area contributed by atoms with Crippen LogP contribution in [0.3, 0.4) is 0 Å². The molecular weight excluding hydrogens is 367 g/mol. The normalized spacial score (nSPS) is 19.0. The SMILES string of the molecule is CCCCCCOCc1cc(Br)cc(B2OC(C)(C)C(C)(C)O2)c1. The molecule has 0 N–H and O–H groups in total. The van der Waals surface area contributed by atoms with Crippen molar-refractivity contribution >= 4 is 28.5 Å². The molecule has 24 heavy (non-hydrogen) atoms. The number of unbranched alkanes of at least 4 members (excludes halogenated alkanes) is 3. The Morgan fingerprint density at radius 2 is 1.67 bits per heavy atom. The van der Waals surface area contributed by atoms with Gasteiger partial charge in [0.25, 0.3) is 0 Å². The summed E-state index contributed by atoms with van der Waals surface area (Å²) in [6, 6.07) is 6.28. The lowest BCUT2D eigenvalue weighted by atomic mass is 9.78. The average Bonchev–Trinajstić information content (AvgIpc) is 2.71. The summed E-state index contributed by atoms with van der Waals surface area (Å²) in [5.41, 5.74) is 1.53. The van der Waals surface area contributed by atoms with Crippen molar-refractivity contribution < 1.29 is 14.0 Å². The number of ether oxygens (including phenoxy) is 1. The molecule has 1 saturated heterocycles. The maximum Gasteiger partial charge on any atom is 0.494 e. The maximum atomic E-state index is 6.15. The third-order valence-electron chi connectivity index (χ3n) is 4.92. The summed E-state index contributed by atoms with van der Waals surface area (Å²) in [5.74, 6) is 0. The first-order chi connectivity index (χ1) is 11.2. The van der Waals surface area contributed by atoms with Crippen molar-refractivity contribution in [1.82, 2.24) is 0 Å². The first-order valence-corrected chi connectivity index (χ1v) is 9.77.